The molecule has 4 aromatic rings. The van der Waals surface area contributed by atoms with Gasteiger partial charge in [-0.3, -0.25) is 9.55 Å². The van der Waals surface area contributed by atoms with Gasteiger partial charge in [0.25, 0.3) is 0 Å². The second-order valence-electron chi connectivity index (χ2n) is 5.19. The molecule has 7 nitrogen and oxygen atoms in total. The molecule has 0 amide bonds. The predicted octanol–water partition coefficient (Wildman–Crippen LogP) is 3.14. The van der Waals surface area contributed by atoms with Crippen LogP contribution in [0.15, 0.2) is 77.2 Å². The first kappa shape index (κ1) is 15.9. The van der Waals surface area contributed by atoms with Crippen molar-refractivity contribution in [2.24, 2.45) is 0 Å². The minimum atomic E-state index is 0.273. The van der Waals surface area contributed by atoms with Crippen LogP contribution in [-0.2, 0) is 0 Å². The summed E-state index contributed by atoms with van der Waals surface area (Å²) in [5.74, 6) is 0.688. The number of rotatable bonds is 4. The average Bonchev–Trinajstić information content (AvgIpc) is 3.13. The lowest BCUT2D eigenvalue weighted by atomic mass is 10.2. The van der Waals surface area contributed by atoms with Crippen LogP contribution in [0, 0.1) is 11.3 Å². The van der Waals surface area contributed by atoms with Crippen molar-refractivity contribution >= 4 is 11.8 Å². The van der Waals surface area contributed by atoms with Crippen molar-refractivity contribution in [2.75, 3.05) is 0 Å². The molecule has 0 radical (unpaired) electrons. The Balaban J connectivity index is 1.79. The van der Waals surface area contributed by atoms with Crippen molar-refractivity contribution in [1.29, 1.82) is 5.26 Å². The largest absolute Gasteiger partial charge is 0.270 e. The minimum absolute atomic E-state index is 0.273. The number of para-hydroxylation sites is 1. The zero-order valence-electron chi connectivity index (χ0n) is 13.4. The zero-order chi connectivity index (χ0) is 17.8. The van der Waals surface area contributed by atoms with Crippen LogP contribution in [-0.4, -0.2) is 29.9 Å². The smallest absolute Gasteiger partial charge is 0.202 e. The molecule has 0 aliphatic rings. The summed E-state index contributed by atoms with van der Waals surface area (Å²) in [6, 6.07) is 19.0. The standard InChI is InChI=1S/C18H11N7S/c19-11-14-8-9-16(22-21-14)26-18-24-23-17(13-5-4-10-20-12-13)25(18)15-6-2-1-3-7-15/h1-10,12H. The van der Waals surface area contributed by atoms with E-state index in [1.807, 2.05) is 53.1 Å². The third-order valence-electron chi connectivity index (χ3n) is 3.52. The Morgan fingerprint density at radius 1 is 0.885 bits per heavy atom. The molecule has 0 aliphatic carbocycles. The van der Waals surface area contributed by atoms with Crippen LogP contribution < -0.4 is 0 Å². The Bertz CT molecular complexity index is 1050. The molecule has 0 fully saturated rings. The lowest BCUT2D eigenvalue weighted by molar-refractivity contribution is 0.868. The summed E-state index contributed by atoms with van der Waals surface area (Å²) >= 11 is 1.33. The van der Waals surface area contributed by atoms with Crippen molar-refractivity contribution in [3.8, 4) is 23.1 Å². The number of nitrogens with zero attached hydrogens (tertiary/aromatic N) is 7. The van der Waals surface area contributed by atoms with Crippen molar-refractivity contribution in [3.05, 3.63) is 72.7 Å². The molecule has 0 unspecified atom stereocenters. The fourth-order valence-electron chi connectivity index (χ4n) is 2.36. The van der Waals surface area contributed by atoms with Crippen LogP contribution in [0.3, 0.4) is 0 Å². The monoisotopic (exact) mass is 357 g/mol. The van der Waals surface area contributed by atoms with E-state index in [2.05, 4.69) is 25.4 Å². The molecular formula is C18H11N7S. The first-order chi connectivity index (χ1) is 12.8. The van der Waals surface area contributed by atoms with E-state index < -0.39 is 0 Å². The lowest BCUT2D eigenvalue weighted by Crippen LogP contribution is -2.00. The van der Waals surface area contributed by atoms with Gasteiger partial charge in [0.1, 0.15) is 11.1 Å². The first-order valence-electron chi connectivity index (χ1n) is 7.68. The Hall–Kier alpha value is -3.57. The van der Waals surface area contributed by atoms with Crippen LogP contribution in [0.2, 0.25) is 0 Å². The van der Waals surface area contributed by atoms with E-state index in [1.165, 1.54) is 11.8 Å². The van der Waals surface area contributed by atoms with Gasteiger partial charge < -0.3 is 0 Å². The second-order valence-corrected chi connectivity index (χ2v) is 6.18. The molecule has 4 rings (SSSR count). The van der Waals surface area contributed by atoms with Crippen LogP contribution >= 0.6 is 11.8 Å². The highest BCUT2D eigenvalue weighted by Crippen LogP contribution is 2.30. The average molecular weight is 357 g/mol. The molecule has 0 aliphatic heterocycles. The van der Waals surface area contributed by atoms with Gasteiger partial charge in [-0.05, 0) is 48.2 Å². The van der Waals surface area contributed by atoms with Crippen molar-refractivity contribution < 1.29 is 0 Å². The minimum Gasteiger partial charge on any atom is -0.270 e. The third kappa shape index (κ3) is 3.16. The lowest BCUT2D eigenvalue weighted by Gasteiger charge is -2.09. The SMILES string of the molecule is N#Cc1ccc(Sc2nnc(-c3cccnc3)n2-c2ccccc2)nn1. The second kappa shape index (κ2) is 7.13. The number of aromatic nitrogens is 6. The topological polar surface area (TPSA) is 93.2 Å². The molecule has 8 heteroatoms. The fraction of sp³-hybridized carbons (Fsp3) is 0. The highest BCUT2D eigenvalue weighted by Gasteiger charge is 2.17. The van der Waals surface area contributed by atoms with Crippen LogP contribution in [0.4, 0.5) is 0 Å². The van der Waals surface area contributed by atoms with E-state index in [4.69, 9.17) is 5.26 Å². The van der Waals surface area contributed by atoms with Gasteiger partial charge in [-0.15, -0.1) is 20.4 Å². The van der Waals surface area contributed by atoms with E-state index in [-0.39, 0.29) is 5.69 Å². The molecule has 124 valence electrons. The molecule has 0 saturated heterocycles. The van der Waals surface area contributed by atoms with Gasteiger partial charge in [0.2, 0.25) is 5.16 Å². The van der Waals surface area contributed by atoms with Gasteiger partial charge in [0.15, 0.2) is 11.5 Å². The van der Waals surface area contributed by atoms with E-state index in [0.29, 0.717) is 16.0 Å². The maximum atomic E-state index is 8.85. The van der Waals surface area contributed by atoms with Crippen LogP contribution in [0.25, 0.3) is 17.1 Å². The molecule has 3 heterocycles. The predicted molar refractivity (Wildman–Crippen MR) is 95.5 cm³/mol. The number of hydrogen-bond acceptors (Lipinski definition) is 7. The molecule has 3 aromatic heterocycles. The van der Waals surface area contributed by atoms with Gasteiger partial charge in [0.05, 0.1) is 0 Å². The molecule has 0 spiro atoms. The van der Waals surface area contributed by atoms with E-state index in [0.717, 1.165) is 11.3 Å². The molecule has 0 bridgehead atoms. The molecule has 26 heavy (non-hydrogen) atoms. The zero-order valence-corrected chi connectivity index (χ0v) is 14.2. The fourth-order valence-corrected chi connectivity index (χ4v) is 3.13. The normalized spacial score (nSPS) is 10.4. The third-order valence-corrected chi connectivity index (χ3v) is 4.39. The van der Waals surface area contributed by atoms with Gasteiger partial charge in [-0.25, -0.2) is 0 Å². The van der Waals surface area contributed by atoms with Crippen LogP contribution in [0.5, 0.6) is 0 Å². The number of hydrogen-bond donors (Lipinski definition) is 0. The van der Waals surface area contributed by atoms with Gasteiger partial charge >= 0.3 is 0 Å². The summed E-state index contributed by atoms with van der Waals surface area (Å²) in [5, 5.41) is 26.7. The van der Waals surface area contributed by atoms with Crippen LogP contribution in [0.1, 0.15) is 5.69 Å². The Kier molecular flexibility index (Phi) is 4.37. The van der Waals surface area contributed by atoms with E-state index in [1.54, 1.807) is 24.5 Å². The van der Waals surface area contributed by atoms with Crippen molar-refractivity contribution in [3.63, 3.8) is 0 Å². The van der Waals surface area contributed by atoms with Crippen molar-refractivity contribution in [1.82, 2.24) is 29.9 Å². The first-order valence-corrected chi connectivity index (χ1v) is 8.50. The van der Waals surface area contributed by atoms with Gasteiger partial charge in [-0.1, -0.05) is 18.2 Å². The Morgan fingerprint density at radius 2 is 1.77 bits per heavy atom. The molecule has 0 saturated carbocycles. The number of benzene rings is 1. The maximum Gasteiger partial charge on any atom is 0.202 e. The highest BCUT2D eigenvalue weighted by atomic mass is 32.2. The summed E-state index contributed by atoms with van der Waals surface area (Å²) < 4.78 is 1.95. The summed E-state index contributed by atoms with van der Waals surface area (Å²) in [4.78, 5) is 4.17. The maximum absolute atomic E-state index is 8.85. The molecule has 1 aromatic carbocycles. The summed E-state index contributed by atoms with van der Waals surface area (Å²) in [6.07, 6.45) is 3.47. The van der Waals surface area contributed by atoms with Gasteiger partial charge in [0, 0.05) is 23.6 Å². The molecular weight excluding hydrogens is 346 g/mol. The number of nitriles is 1. The quantitative estimate of drug-likeness (QED) is 0.554. The molecule has 0 N–H and O–H groups in total. The van der Waals surface area contributed by atoms with Crippen molar-refractivity contribution in [2.45, 2.75) is 10.2 Å². The summed E-state index contributed by atoms with van der Waals surface area (Å²) in [6.45, 7) is 0. The summed E-state index contributed by atoms with van der Waals surface area (Å²) in [5.41, 5.74) is 2.07. The summed E-state index contributed by atoms with van der Waals surface area (Å²) in [7, 11) is 0. The molecule has 0 atom stereocenters. The highest BCUT2D eigenvalue weighted by molar-refractivity contribution is 7.99. The van der Waals surface area contributed by atoms with E-state index >= 15 is 0 Å². The van der Waals surface area contributed by atoms with Gasteiger partial charge in [-0.2, -0.15) is 5.26 Å². The Labute approximate surface area is 153 Å². The van der Waals surface area contributed by atoms with E-state index in [9.17, 15) is 0 Å². The Morgan fingerprint density at radius 3 is 2.46 bits per heavy atom. The number of pyridine rings is 1.